The van der Waals surface area contributed by atoms with E-state index >= 15 is 0 Å². The van der Waals surface area contributed by atoms with Gasteiger partial charge in [0.25, 0.3) is 0 Å². The normalized spacial score (nSPS) is 22.6. The first-order chi connectivity index (χ1) is 9.58. The SMILES string of the molecule is CN(C)C(=O)N1CCC(C(=O)NCC2CCCN2)CC1.Cl. The van der Waals surface area contributed by atoms with Crippen LogP contribution in [0.1, 0.15) is 25.7 Å². The molecule has 0 saturated carbocycles. The number of hydrogen-bond donors (Lipinski definition) is 2. The van der Waals surface area contributed by atoms with Gasteiger partial charge in [-0.3, -0.25) is 4.79 Å². The standard InChI is InChI=1S/C14H26N4O2.ClH/c1-17(2)14(20)18-8-5-11(6-9-18)13(19)16-10-12-4-3-7-15-12;/h11-12,15H,3-10H2,1-2H3,(H,16,19);1H. The van der Waals surface area contributed by atoms with Gasteiger partial charge in [0, 0.05) is 45.7 Å². The zero-order valence-corrected chi connectivity index (χ0v) is 13.7. The highest BCUT2D eigenvalue weighted by Crippen LogP contribution is 2.18. The molecule has 0 radical (unpaired) electrons. The summed E-state index contributed by atoms with van der Waals surface area (Å²) in [4.78, 5) is 27.3. The molecule has 0 spiro atoms. The Labute approximate surface area is 133 Å². The van der Waals surface area contributed by atoms with Crippen LogP contribution >= 0.6 is 12.4 Å². The second-order valence-electron chi connectivity index (χ2n) is 5.98. The first-order valence-electron chi connectivity index (χ1n) is 7.55. The second kappa shape index (κ2) is 8.44. The van der Waals surface area contributed by atoms with Crippen LogP contribution in [0.25, 0.3) is 0 Å². The quantitative estimate of drug-likeness (QED) is 0.804. The lowest BCUT2D eigenvalue weighted by molar-refractivity contribution is -0.126. The van der Waals surface area contributed by atoms with Crippen molar-refractivity contribution in [2.24, 2.45) is 5.92 Å². The minimum absolute atomic E-state index is 0. The maximum Gasteiger partial charge on any atom is 0.319 e. The number of amides is 3. The summed E-state index contributed by atoms with van der Waals surface area (Å²) >= 11 is 0. The molecule has 0 aromatic heterocycles. The Hall–Kier alpha value is -1.01. The molecule has 2 heterocycles. The second-order valence-corrected chi connectivity index (χ2v) is 5.98. The molecule has 3 amide bonds. The van der Waals surface area contributed by atoms with Gasteiger partial charge in [-0.05, 0) is 32.2 Å². The summed E-state index contributed by atoms with van der Waals surface area (Å²) in [7, 11) is 3.52. The third-order valence-corrected chi connectivity index (χ3v) is 4.20. The maximum atomic E-state index is 12.1. The molecule has 0 bridgehead atoms. The van der Waals surface area contributed by atoms with Crippen LogP contribution < -0.4 is 10.6 Å². The third kappa shape index (κ3) is 5.04. The van der Waals surface area contributed by atoms with Gasteiger partial charge >= 0.3 is 6.03 Å². The molecule has 1 unspecified atom stereocenters. The Morgan fingerprint density at radius 3 is 2.43 bits per heavy atom. The van der Waals surface area contributed by atoms with E-state index < -0.39 is 0 Å². The number of carbonyl (C=O) groups is 2. The van der Waals surface area contributed by atoms with Crippen LogP contribution in [-0.4, -0.2) is 68.1 Å². The summed E-state index contributed by atoms with van der Waals surface area (Å²) in [6.45, 7) is 3.15. The van der Waals surface area contributed by atoms with Crippen LogP contribution in [0.5, 0.6) is 0 Å². The Kier molecular flexibility index (Phi) is 7.25. The number of nitrogens with zero attached hydrogens (tertiary/aromatic N) is 2. The van der Waals surface area contributed by atoms with Gasteiger partial charge in [-0.1, -0.05) is 0 Å². The molecule has 7 heteroatoms. The van der Waals surface area contributed by atoms with E-state index in [0.717, 1.165) is 32.4 Å². The maximum absolute atomic E-state index is 12.1. The number of piperidine rings is 1. The predicted molar refractivity (Wildman–Crippen MR) is 84.7 cm³/mol. The Bertz CT molecular complexity index is 351. The Balaban J connectivity index is 0.00000220. The summed E-state index contributed by atoms with van der Waals surface area (Å²) < 4.78 is 0. The number of urea groups is 1. The Morgan fingerprint density at radius 2 is 1.90 bits per heavy atom. The summed E-state index contributed by atoms with van der Waals surface area (Å²) in [6.07, 6.45) is 3.88. The van der Waals surface area contributed by atoms with Crippen molar-refractivity contribution in [2.45, 2.75) is 31.7 Å². The van der Waals surface area contributed by atoms with E-state index in [-0.39, 0.29) is 30.3 Å². The lowest BCUT2D eigenvalue weighted by Gasteiger charge is -2.33. The number of likely N-dealkylation sites (tertiary alicyclic amines) is 1. The fourth-order valence-corrected chi connectivity index (χ4v) is 2.91. The highest BCUT2D eigenvalue weighted by molar-refractivity contribution is 5.85. The molecule has 2 aliphatic rings. The molecule has 0 aromatic rings. The molecule has 0 aliphatic carbocycles. The van der Waals surface area contributed by atoms with Crippen LogP contribution in [0.4, 0.5) is 4.79 Å². The molecule has 2 N–H and O–H groups in total. The van der Waals surface area contributed by atoms with E-state index in [4.69, 9.17) is 0 Å². The molecular formula is C14H27ClN4O2. The van der Waals surface area contributed by atoms with Gasteiger partial charge in [0.15, 0.2) is 0 Å². The van der Waals surface area contributed by atoms with E-state index in [0.29, 0.717) is 19.1 Å². The van der Waals surface area contributed by atoms with Crippen molar-refractivity contribution >= 4 is 24.3 Å². The average molecular weight is 319 g/mol. The van der Waals surface area contributed by atoms with Crippen molar-refractivity contribution < 1.29 is 9.59 Å². The van der Waals surface area contributed by atoms with Gasteiger partial charge in [0.2, 0.25) is 5.91 Å². The average Bonchev–Trinajstić information content (AvgIpc) is 2.97. The van der Waals surface area contributed by atoms with Gasteiger partial charge in [-0.2, -0.15) is 0 Å². The lowest BCUT2D eigenvalue weighted by Crippen LogP contribution is -2.47. The van der Waals surface area contributed by atoms with Crippen molar-refractivity contribution in [1.29, 1.82) is 0 Å². The summed E-state index contributed by atoms with van der Waals surface area (Å²) in [6, 6.07) is 0.480. The first-order valence-corrected chi connectivity index (χ1v) is 7.55. The fourth-order valence-electron chi connectivity index (χ4n) is 2.91. The summed E-state index contributed by atoms with van der Waals surface area (Å²) in [5, 5.41) is 6.42. The molecule has 122 valence electrons. The van der Waals surface area contributed by atoms with Crippen LogP contribution in [0, 0.1) is 5.92 Å². The smallest absolute Gasteiger partial charge is 0.319 e. The topological polar surface area (TPSA) is 64.7 Å². The predicted octanol–water partition coefficient (Wildman–Crippen LogP) is 0.670. The zero-order chi connectivity index (χ0) is 14.5. The lowest BCUT2D eigenvalue weighted by atomic mass is 9.96. The van der Waals surface area contributed by atoms with Crippen LogP contribution in [0.15, 0.2) is 0 Å². The molecule has 2 saturated heterocycles. The number of rotatable bonds is 3. The van der Waals surface area contributed by atoms with Crippen molar-refractivity contribution in [3.63, 3.8) is 0 Å². The van der Waals surface area contributed by atoms with Crippen molar-refractivity contribution in [3.8, 4) is 0 Å². The first kappa shape index (κ1) is 18.0. The largest absolute Gasteiger partial charge is 0.354 e. The van der Waals surface area contributed by atoms with Gasteiger partial charge < -0.3 is 20.4 Å². The van der Waals surface area contributed by atoms with Crippen molar-refractivity contribution in [1.82, 2.24) is 20.4 Å². The molecule has 0 aromatic carbocycles. The number of nitrogens with one attached hydrogen (secondary N) is 2. The highest BCUT2D eigenvalue weighted by atomic mass is 35.5. The Morgan fingerprint density at radius 1 is 1.24 bits per heavy atom. The van der Waals surface area contributed by atoms with Gasteiger partial charge in [-0.25, -0.2) is 4.79 Å². The number of halogens is 1. The minimum atomic E-state index is 0. The monoisotopic (exact) mass is 318 g/mol. The molecule has 2 rings (SSSR count). The van der Waals surface area contributed by atoms with Crippen LogP contribution in [-0.2, 0) is 4.79 Å². The van der Waals surface area contributed by atoms with Gasteiger partial charge in [0.05, 0.1) is 0 Å². The van der Waals surface area contributed by atoms with Crippen molar-refractivity contribution in [2.75, 3.05) is 40.3 Å². The van der Waals surface area contributed by atoms with Crippen molar-refractivity contribution in [3.05, 3.63) is 0 Å². The molecule has 21 heavy (non-hydrogen) atoms. The van der Waals surface area contributed by atoms with Crippen LogP contribution in [0.3, 0.4) is 0 Å². The van der Waals surface area contributed by atoms with Gasteiger partial charge in [-0.15, -0.1) is 12.4 Å². The number of carbonyl (C=O) groups excluding carboxylic acids is 2. The van der Waals surface area contributed by atoms with Crippen LogP contribution in [0.2, 0.25) is 0 Å². The van der Waals surface area contributed by atoms with E-state index in [1.807, 2.05) is 4.90 Å². The molecule has 2 fully saturated rings. The summed E-state index contributed by atoms with van der Waals surface area (Å²) in [5.41, 5.74) is 0. The fraction of sp³-hybridized carbons (Fsp3) is 0.857. The van der Waals surface area contributed by atoms with Gasteiger partial charge in [0.1, 0.15) is 0 Å². The van der Waals surface area contributed by atoms with E-state index in [1.54, 1.807) is 19.0 Å². The molecule has 6 nitrogen and oxygen atoms in total. The zero-order valence-electron chi connectivity index (χ0n) is 12.9. The third-order valence-electron chi connectivity index (χ3n) is 4.20. The molecule has 2 aliphatic heterocycles. The molecule has 1 atom stereocenters. The van der Waals surface area contributed by atoms with E-state index in [9.17, 15) is 9.59 Å². The summed E-state index contributed by atoms with van der Waals surface area (Å²) in [5.74, 6) is 0.207. The minimum Gasteiger partial charge on any atom is -0.354 e. The highest BCUT2D eigenvalue weighted by Gasteiger charge is 2.28. The molecular weight excluding hydrogens is 292 g/mol. The van der Waals surface area contributed by atoms with E-state index in [2.05, 4.69) is 10.6 Å². The number of hydrogen-bond acceptors (Lipinski definition) is 3. The van der Waals surface area contributed by atoms with E-state index in [1.165, 1.54) is 6.42 Å².